The number of nitrogens with zero attached hydrogens (tertiary/aromatic N) is 7. The van der Waals surface area contributed by atoms with E-state index in [1.807, 2.05) is 31.4 Å². The summed E-state index contributed by atoms with van der Waals surface area (Å²) in [4.78, 5) is 11.2. The minimum atomic E-state index is -0.444. The molecule has 5 rings (SSSR count). The standard InChI is InChI=1S/C23H30FN9S/c1-14-7-8-15(11-19(14)33-22(34-4)29-30-31-33)27-21-25-13-18(24)20(28-21)26-16-10-17-6-5-9-32(17)23(2,3)12-16/h7-8,11,13,16-17H,5-6,9-10,12H2,1-4H3,(H2,25,26,27,28)/t16-,17+/m1/s1. The fraction of sp³-hybridized carbons (Fsp3) is 0.522. The summed E-state index contributed by atoms with van der Waals surface area (Å²) < 4.78 is 16.4. The summed E-state index contributed by atoms with van der Waals surface area (Å²) in [6, 6.07) is 6.56. The number of anilines is 3. The van der Waals surface area contributed by atoms with Crippen LogP contribution in [-0.4, -0.2) is 65.5 Å². The number of halogens is 1. The van der Waals surface area contributed by atoms with E-state index in [0.29, 0.717) is 17.1 Å². The highest BCUT2D eigenvalue weighted by Gasteiger charge is 2.43. The zero-order valence-corrected chi connectivity index (χ0v) is 20.7. The van der Waals surface area contributed by atoms with Crippen LogP contribution in [0.2, 0.25) is 0 Å². The van der Waals surface area contributed by atoms with E-state index in [9.17, 15) is 4.39 Å². The Morgan fingerprint density at radius 2 is 2.12 bits per heavy atom. The Labute approximate surface area is 202 Å². The third kappa shape index (κ3) is 4.46. The largest absolute Gasteiger partial charge is 0.365 e. The summed E-state index contributed by atoms with van der Waals surface area (Å²) in [6.45, 7) is 7.72. The Morgan fingerprint density at radius 3 is 2.94 bits per heavy atom. The van der Waals surface area contributed by atoms with Crippen molar-refractivity contribution in [1.29, 1.82) is 0 Å². The first-order valence-corrected chi connectivity index (χ1v) is 12.8. The Kier molecular flexibility index (Phi) is 6.15. The molecule has 2 aliphatic rings. The third-order valence-electron chi connectivity index (χ3n) is 6.86. The van der Waals surface area contributed by atoms with E-state index in [4.69, 9.17) is 0 Å². The summed E-state index contributed by atoms with van der Waals surface area (Å²) in [6.07, 6.45) is 7.53. The number of rotatable bonds is 6. The lowest BCUT2D eigenvalue weighted by Crippen LogP contribution is -2.55. The van der Waals surface area contributed by atoms with Crippen LogP contribution < -0.4 is 10.6 Å². The maximum Gasteiger partial charge on any atom is 0.229 e. The average molecular weight is 484 g/mol. The molecule has 0 radical (unpaired) electrons. The number of aryl methyl sites for hydroxylation is 1. The molecule has 2 atom stereocenters. The summed E-state index contributed by atoms with van der Waals surface area (Å²) in [5.41, 5.74) is 2.73. The van der Waals surface area contributed by atoms with Gasteiger partial charge in [0.15, 0.2) is 11.6 Å². The minimum absolute atomic E-state index is 0.0891. The first kappa shape index (κ1) is 23.0. The fourth-order valence-electron chi connectivity index (χ4n) is 5.34. The highest BCUT2D eigenvalue weighted by Crippen LogP contribution is 2.38. The van der Waals surface area contributed by atoms with Crippen LogP contribution in [0.25, 0.3) is 5.69 Å². The number of piperidine rings is 1. The maximum atomic E-state index is 14.7. The van der Waals surface area contributed by atoms with Crippen molar-refractivity contribution in [2.45, 2.75) is 69.2 Å². The molecule has 0 saturated carbocycles. The van der Waals surface area contributed by atoms with Gasteiger partial charge in [-0.2, -0.15) is 9.67 Å². The van der Waals surface area contributed by atoms with Gasteiger partial charge in [0.05, 0.1) is 11.9 Å². The van der Waals surface area contributed by atoms with Crippen molar-refractivity contribution in [2.75, 3.05) is 23.4 Å². The molecule has 1 aromatic carbocycles. The molecule has 0 bridgehead atoms. The van der Waals surface area contributed by atoms with Gasteiger partial charge in [0, 0.05) is 23.3 Å². The summed E-state index contributed by atoms with van der Waals surface area (Å²) >= 11 is 1.47. The average Bonchev–Trinajstić information content (AvgIpc) is 3.47. The van der Waals surface area contributed by atoms with Crippen molar-refractivity contribution >= 4 is 29.2 Å². The van der Waals surface area contributed by atoms with Gasteiger partial charge in [0.2, 0.25) is 11.1 Å². The van der Waals surface area contributed by atoms with Gasteiger partial charge in [-0.3, -0.25) is 4.90 Å². The molecule has 0 aliphatic carbocycles. The number of nitrogens with one attached hydrogen (secondary N) is 2. The minimum Gasteiger partial charge on any atom is -0.365 e. The molecule has 11 heteroatoms. The highest BCUT2D eigenvalue weighted by molar-refractivity contribution is 7.98. The Balaban J connectivity index is 1.35. The predicted molar refractivity (Wildman–Crippen MR) is 131 cm³/mol. The molecule has 2 aliphatic heterocycles. The summed E-state index contributed by atoms with van der Waals surface area (Å²) in [7, 11) is 0. The molecule has 2 fully saturated rings. The fourth-order valence-corrected chi connectivity index (χ4v) is 5.77. The lowest BCUT2D eigenvalue weighted by atomic mass is 9.84. The van der Waals surface area contributed by atoms with Crippen molar-refractivity contribution in [3.63, 3.8) is 0 Å². The molecule has 3 aromatic rings. The van der Waals surface area contributed by atoms with Crippen LogP contribution in [-0.2, 0) is 0 Å². The third-order valence-corrected chi connectivity index (χ3v) is 7.48. The van der Waals surface area contributed by atoms with Gasteiger partial charge in [-0.1, -0.05) is 17.8 Å². The van der Waals surface area contributed by atoms with Crippen LogP contribution >= 0.6 is 11.8 Å². The lowest BCUT2D eigenvalue weighted by molar-refractivity contribution is 0.0500. The summed E-state index contributed by atoms with van der Waals surface area (Å²) in [5, 5.41) is 19.2. The van der Waals surface area contributed by atoms with Gasteiger partial charge < -0.3 is 10.6 Å². The normalized spacial score (nSPS) is 21.9. The highest BCUT2D eigenvalue weighted by atomic mass is 32.2. The molecule has 180 valence electrons. The zero-order valence-electron chi connectivity index (χ0n) is 19.9. The van der Waals surface area contributed by atoms with E-state index in [1.54, 1.807) is 4.68 Å². The summed E-state index contributed by atoms with van der Waals surface area (Å²) in [5.74, 6) is 0.125. The van der Waals surface area contributed by atoms with Crippen LogP contribution in [0, 0.1) is 12.7 Å². The van der Waals surface area contributed by atoms with Crippen LogP contribution in [0.3, 0.4) is 0 Å². The second-order valence-corrected chi connectivity index (χ2v) is 10.5. The molecule has 2 saturated heterocycles. The monoisotopic (exact) mass is 483 g/mol. The Morgan fingerprint density at radius 1 is 1.26 bits per heavy atom. The first-order chi connectivity index (χ1) is 16.3. The van der Waals surface area contributed by atoms with E-state index in [1.165, 1.54) is 30.8 Å². The Bertz CT molecular complexity index is 1180. The topological polar surface area (TPSA) is 96.7 Å². The van der Waals surface area contributed by atoms with E-state index in [-0.39, 0.29) is 17.4 Å². The van der Waals surface area contributed by atoms with Gasteiger partial charge in [0.1, 0.15) is 0 Å². The molecule has 4 heterocycles. The zero-order chi connectivity index (χ0) is 23.9. The first-order valence-electron chi connectivity index (χ1n) is 11.6. The van der Waals surface area contributed by atoms with Crippen molar-refractivity contribution in [3.05, 3.63) is 35.8 Å². The molecule has 0 amide bonds. The molecule has 2 aromatic heterocycles. The number of thioether (sulfide) groups is 1. The molecule has 9 nitrogen and oxygen atoms in total. The van der Waals surface area contributed by atoms with E-state index in [0.717, 1.165) is 36.3 Å². The number of hydrogen-bond acceptors (Lipinski definition) is 9. The van der Waals surface area contributed by atoms with Crippen LogP contribution in [0.1, 0.15) is 45.1 Å². The van der Waals surface area contributed by atoms with Crippen molar-refractivity contribution in [1.82, 2.24) is 35.1 Å². The van der Waals surface area contributed by atoms with Gasteiger partial charge >= 0.3 is 0 Å². The smallest absolute Gasteiger partial charge is 0.229 e. The van der Waals surface area contributed by atoms with Gasteiger partial charge in [-0.05, 0) is 87.4 Å². The van der Waals surface area contributed by atoms with E-state index in [2.05, 4.69) is 54.9 Å². The molecule has 0 spiro atoms. The second-order valence-electron chi connectivity index (χ2n) is 9.68. The van der Waals surface area contributed by atoms with Crippen LogP contribution in [0.15, 0.2) is 29.6 Å². The number of hydrogen-bond donors (Lipinski definition) is 2. The number of tetrazole rings is 1. The quantitative estimate of drug-likeness (QED) is 0.500. The van der Waals surface area contributed by atoms with Crippen molar-refractivity contribution in [3.8, 4) is 5.69 Å². The molecule has 34 heavy (non-hydrogen) atoms. The number of fused-ring (bicyclic) bond motifs is 1. The molecule has 0 unspecified atom stereocenters. The second kappa shape index (κ2) is 9.10. The van der Waals surface area contributed by atoms with Gasteiger partial charge in [0.25, 0.3) is 0 Å². The predicted octanol–water partition coefficient (Wildman–Crippen LogP) is 4.18. The van der Waals surface area contributed by atoms with Gasteiger partial charge in [-0.25, -0.2) is 9.37 Å². The Hall–Kier alpha value is -2.79. The van der Waals surface area contributed by atoms with Crippen LogP contribution in [0.5, 0.6) is 0 Å². The van der Waals surface area contributed by atoms with E-state index < -0.39 is 5.82 Å². The number of aromatic nitrogens is 6. The SMILES string of the molecule is CSc1nnnn1-c1cc(Nc2ncc(F)c(N[C@@H]3C[C@@H]4CCCN4C(C)(C)C3)n2)ccc1C. The van der Waals surface area contributed by atoms with Crippen molar-refractivity contribution in [2.24, 2.45) is 0 Å². The molecule has 2 N–H and O–H groups in total. The van der Waals surface area contributed by atoms with Crippen LogP contribution in [0.4, 0.5) is 21.8 Å². The lowest BCUT2D eigenvalue weighted by Gasteiger charge is -2.47. The van der Waals surface area contributed by atoms with Gasteiger partial charge in [-0.15, -0.1) is 5.10 Å². The maximum absolute atomic E-state index is 14.7. The molecular formula is C23H30FN9S. The molecular weight excluding hydrogens is 453 g/mol. The van der Waals surface area contributed by atoms with Crippen molar-refractivity contribution < 1.29 is 4.39 Å². The number of benzene rings is 1. The van der Waals surface area contributed by atoms with E-state index >= 15 is 0 Å².